The first-order valence-electron chi connectivity index (χ1n) is 5.93. The van der Waals surface area contributed by atoms with Gasteiger partial charge in [0.15, 0.2) is 0 Å². The molecule has 5 heteroatoms. The second-order valence-electron chi connectivity index (χ2n) is 4.16. The summed E-state index contributed by atoms with van der Waals surface area (Å²) in [5, 5.41) is 5.63. The van der Waals surface area contributed by atoms with Crippen LogP contribution in [-0.4, -0.2) is 19.5 Å². The van der Waals surface area contributed by atoms with E-state index in [2.05, 4.69) is 10.6 Å². The fourth-order valence-corrected chi connectivity index (χ4v) is 1.67. The molecule has 3 nitrogen and oxygen atoms in total. The van der Waals surface area contributed by atoms with E-state index in [-0.39, 0.29) is 5.91 Å². The first-order valence-corrected chi connectivity index (χ1v) is 5.93. The topological polar surface area (TPSA) is 41.1 Å². The van der Waals surface area contributed by atoms with Gasteiger partial charge in [-0.3, -0.25) is 4.79 Å². The Morgan fingerprint density at radius 2 is 2.11 bits per heavy atom. The first kappa shape index (κ1) is 14.6. The largest absolute Gasteiger partial charge is 0.349 e. The van der Waals surface area contributed by atoms with Crippen LogP contribution in [-0.2, 0) is 4.79 Å². The summed E-state index contributed by atoms with van der Waals surface area (Å²) in [4.78, 5) is 11.5. The Hall–Kier alpha value is -1.49. The number of benzene rings is 1. The van der Waals surface area contributed by atoms with Crippen molar-refractivity contribution in [1.82, 2.24) is 10.6 Å². The summed E-state index contributed by atoms with van der Waals surface area (Å²) in [6, 6.07) is 2.89. The molecular formula is C13H18F2N2O. The summed E-state index contributed by atoms with van der Waals surface area (Å²) in [6.45, 7) is 2.43. The van der Waals surface area contributed by atoms with Crippen molar-refractivity contribution in [3.8, 4) is 0 Å². The van der Waals surface area contributed by atoms with Gasteiger partial charge >= 0.3 is 0 Å². The van der Waals surface area contributed by atoms with Gasteiger partial charge in [0.05, 0.1) is 6.04 Å². The SMILES string of the molecule is CNCCCC(=O)NC(C)c1ccc(F)cc1F. The zero-order valence-electron chi connectivity index (χ0n) is 10.6. The molecule has 0 aromatic heterocycles. The number of amides is 1. The number of carbonyl (C=O) groups is 1. The van der Waals surface area contributed by atoms with Crippen molar-refractivity contribution in [3.63, 3.8) is 0 Å². The van der Waals surface area contributed by atoms with E-state index in [0.29, 0.717) is 12.0 Å². The van der Waals surface area contributed by atoms with E-state index >= 15 is 0 Å². The number of nitrogens with one attached hydrogen (secondary N) is 2. The molecule has 0 bridgehead atoms. The summed E-state index contributed by atoms with van der Waals surface area (Å²) in [5.74, 6) is -1.40. The quantitative estimate of drug-likeness (QED) is 0.766. The lowest BCUT2D eigenvalue weighted by molar-refractivity contribution is -0.121. The zero-order chi connectivity index (χ0) is 13.5. The number of hydrogen-bond acceptors (Lipinski definition) is 2. The third kappa shape index (κ3) is 4.41. The molecule has 0 heterocycles. The Kier molecular flexibility index (Phi) is 5.71. The van der Waals surface area contributed by atoms with Crippen molar-refractivity contribution in [3.05, 3.63) is 35.4 Å². The highest BCUT2D eigenvalue weighted by Crippen LogP contribution is 2.17. The summed E-state index contributed by atoms with van der Waals surface area (Å²) in [7, 11) is 1.81. The minimum absolute atomic E-state index is 0.138. The lowest BCUT2D eigenvalue weighted by Gasteiger charge is -2.15. The maximum atomic E-state index is 13.5. The van der Waals surface area contributed by atoms with Crippen molar-refractivity contribution >= 4 is 5.91 Å². The number of hydrogen-bond donors (Lipinski definition) is 2. The number of carbonyl (C=O) groups excluding carboxylic acids is 1. The van der Waals surface area contributed by atoms with Gasteiger partial charge in [-0.15, -0.1) is 0 Å². The van der Waals surface area contributed by atoms with E-state index < -0.39 is 17.7 Å². The second kappa shape index (κ2) is 7.06. The Morgan fingerprint density at radius 1 is 1.39 bits per heavy atom. The molecule has 1 aromatic rings. The molecule has 0 spiro atoms. The highest BCUT2D eigenvalue weighted by atomic mass is 19.1. The molecule has 1 atom stereocenters. The van der Waals surface area contributed by atoms with E-state index in [4.69, 9.17) is 0 Å². The van der Waals surface area contributed by atoms with Crippen molar-refractivity contribution in [2.75, 3.05) is 13.6 Å². The molecule has 1 aromatic carbocycles. The third-order valence-corrected chi connectivity index (χ3v) is 2.64. The molecule has 0 aliphatic rings. The Morgan fingerprint density at radius 3 is 2.72 bits per heavy atom. The smallest absolute Gasteiger partial charge is 0.220 e. The lowest BCUT2D eigenvalue weighted by atomic mass is 10.1. The van der Waals surface area contributed by atoms with Gasteiger partial charge in [0.1, 0.15) is 11.6 Å². The molecule has 100 valence electrons. The van der Waals surface area contributed by atoms with Crippen LogP contribution in [0.15, 0.2) is 18.2 Å². The molecule has 1 amide bonds. The van der Waals surface area contributed by atoms with Gasteiger partial charge in [0, 0.05) is 18.1 Å². The minimum atomic E-state index is -0.641. The summed E-state index contributed by atoms with van der Waals surface area (Å²) >= 11 is 0. The number of rotatable bonds is 6. The second-order valence-corrected chi connectivity index (χ2v) is 4.16. The number of halogens is 2. The average Bonchev–Trinajstić information content (AvgIpc) is 2.28. The maximum absolute atomic E-state index is 13.5. The molecule has 0 saturated carbocycles. The fourth-order valence-electron chi connectivity index (χ4n) is 1.67. The standard InChI is InChI=1S/C13H18F2N2O/c1-9(17-13(18)4-3-7-16-2)11-6-5-10(14)8-12(11)15/h5-6,8-9,16H,3-4,7H2,1-2H3,(H,17,18). The van der Waals surface area contributed by atoms with Crippen LogP contribution >= 0.6 is 0 Å². The Labute approximate surface area is 106 Å². The van der Waals surface area contributed by atoms with Gasteiger partial charge in [-0.1, -0.05) is 6.07 Å². The minimum Gasteiger partial charge on any atom is -0.349 e. The van der Waals surface area contributed by atoms with Crippen LogP contribution in [0, 0.1) is 11.6 Å². The monoisotopic (exact) mass is 256 g/mol. The Balaban J connectivity index is 2.54. The van der Waals surface area contributed by atoms with Crippen LogP contribution in [0.5, 0.6) is 0 Å². The molecule has 2 N–H and O–H groups in total. The van der Waals surface area contributed by atoms with Crippen molar-refractivity contribution in [2.45, 2.75) is 25.8 Å². The molecule has 0 aliphatic heterocycles. The van der Waals surface area contributed by atoms with Crippen LogP contribution < -0.4 is 10.6 Å². The van der Waals surface area contributed by atoms with E-state index in [1.165, 1.54) is 12.1 Å². The Bertz CT molecular complexity index is 410. The molecular weight excluding hydrogens is 238 g/mol. The first-order chi connectivity index (χ1) is 8.54. The summed E-state index contributed by atoms with van der Waals surface area (Å²) in [6.07, 6.45) is 1.11. The van der Waals surface area contributed by atoms with Gasteiger partial charge in [-0.05, 0) is 33.0 Å². The predicted molar refractivity (Wildman–Crippen MR) is 66.1 cm³/mol. The highest BCUT2D eigenvalue weighted by molar-refractivity contribution is 5.76. The van der Waals surface area contributed by atoms with E-state index in [9.17, 15) is 13.6 Å². The van der Waals surface area contributed by atoms with Crippen LogP contribution in [0.2, 0.25) is 0 Å². The van der Waals surface area contributed by atoms with E-state index in [1.807, 2.05) is 7.05 Å². The molecule has 0 fully saturated rings. The molecule has 0 radical (unpaired) electrons. The van der Waals surface area contributed by atoms with E-state index in [0.717, 1.165) is 19.0 Å². The molecule has 0 aliphatic carbocycles. The van der Waals surface area contributed by atoms with Crippen molar-refractivity contribution in [2.24, 2.45) is 0 Å². The molecule has 0 saturated heterocycles. The van der Waals surface area contributed by atoms with Gasteiger partial charge in [-0.2, -0.15) is 0 Å². The molecule has 18 heavy (non-hydrogen) atoms. The van der Waals surface area contributed by atoms with Gasteiger partial charge in [0.25, 0.3) is 0 Å². The van der Waals surface area contributed by atoms with E-state index in [1.54, 1.807) is 6.92 Å². The van der Waals surface area contributed by atoms with Gasteiger partial charge < -0.3 is 10.6 Å². The van der Waals surface area contributed by atoms with Crippen LogP contribution in [0.3, 0.4) is 0 Å². The summed E-state index contributed by atoms with van der Waals surface area (Å²) < 4.78 is 26.2. The van der Waals surface area contributed by atoms with Crippen LogP contribution in [0.25, 0.3) is 0 Å². The normalized spacial score (nSPS) is 12.2. The fraction of sp³-hybridized carbons (Fsp3) is 0.462. The maximum Gasteiger partial charge on any atom is 0.220 e. The van der Waals surface area contributed by atoms with Crippen molar-refractivity contribution in [1.29, 1.82) is 0 Å². The molecule has 1 rings (SSSR count). The van der Waals surface area contributed by atoms with Crippen molar-refractivity contribution < 1.29 is 13.6 Å². The molecule has 1 unspecified atom stereocenters. The van der Waals surface area contributed by atoms with Gasteiger partial charge in [-0.25, -0.2) is 8.78 Å². The average molecular weight is 256 g/mol. The third-order valence-electron chi connectivity index (χ3n) is 2.64. The van der Waals surface area contributed by atoms with Gasteiger partial charge in [0.2, 0.25) is 5.91 Å². The predicted octanol–water partition coefficient (Wildman–Crippen LogP) is 2.14. The highest BCUT2D eigenvalue weighted by Gasteiger charge is 2.13. The summed E-state index contributed by atoms with van der Waals surface area (Å²) in [5.41, 5.74) is 0.290. The van der Waals surface area contributed by atoms with Crippen LogP contribution in [0.4, 0.5) is 8.78 Å². The zero-order valence-corrected chi connectivity index (χ0v) is 10.6. The van der Waals surface area contributed by atoms with Crippen LogP contribution in [0.1, 0.15) is 31.4 Å². The lowest BCUT2D eigenvalue weighted by Crippen LogP contribution is -2.27.